The zero-order valence-corrected chi connectivity index (χ0v) is 16.6. The van der Waals surface area contributed by atoms with Gasteiger partial charge in [-0.3, -0.25) is 9.59 Å². The molecule has 0 atom stereocenters. The van der Waals surface area contributed by atoms with Crippen LogP contribution in [0.1, 0.15) is 44.7 Å². The van der Waals surface area contributed by atoms with Crippen LogP contribution >= 0.6 is 11.6 Å². The fraction of sp³-hybridized carbons (Fsp3) is 0.421. The smallest absolute Gasteiger partial charge is 0.303 e. The number of ether oxygens (including phenoxy) is 1. The molecule has 0 aliphatic heterocycles. The largest absolute Gasteiger partial charge is 0.449 e. The van der Waals surface area contributed by atoms with Crippen LogP contribution in [0.25, 0.3) is 0 Å². The van der Waals surface area contributed by atoms with Crippen molar-refractivity contribution >= 4 is 35.1 Å². The fourth-order valence-corrected chi connectivity index (χ4v) is 3.52. The Kier molecular flexibility index (Phi) is 6.58. The van der Waals surface area contributed by atoms with Gasteiger partial charge >= 0.3 is 5.97 Å². The first-order valence-corrected chi connectivity index (χ1v) is 9.64. The highest BCUT2D eigenvalue weighted by Crippen LogP contribution is 2.32. The Hall–Kier alpha value is -2.81. The minimum absolute atomic E-state index is 0.0912. The molecule has 1 aromatic carbocycles. The van der Waals surface area contributed by atoms with E-state index in [1.165, 1.54) is 31.3 Å². The van der Waals surface area contributed by atoms with Gasteiger partial charge in [-0.05, 0) is 43.9 Å². The second kappa shape index (κ2) is 9.13. The summed E-state index contributed by atoms with van der Waals surface area (Å²) in [7, 11) is 0. The molecule has 0 radical (unpaired) electrons. The molecule has 1 amide bonds. The third kappa shape index (κ3) is 5.60. The number of rotatable bonds is 6. The highest BCUT2D eigenvalue weighted by Gasteiger charge is 2.42. The molecule has 8 nitrogen and oxygen atoms in total. The lowest BCUT2D eigenvalue weighted by molar-refractivity contribution is -0.170. The third-order valence-corrected chi connectivity index (χ3v) is 4.79. The Morgan fingerprint density at radius 2 is 1.97 bits per heavy atom. The first-order chi connectivity index (χ1) is 13.9. The highest BCUT2D eigenvalue weighted by atomic mass is 35.5. The highest BCUT2D eigenvalue weighted by molar-refractivity contribution is 6.30. The van der Waals surface area contributed by atoms with Crippen LogP contribution in [0.4, 0.5) is 16.0 Å². The van der Waals surface area contributed by atoms with Gasteiger partial charge in [0.15, 0.2) is 5.60 Å². The Morgan fingerprint density at radius 1 is 1.21 bits per heavy atom. The number of nitrogens with one attached hydrogen (secondary N) is 2. The molecule has 1 aliphatic carbocycles. The van der Waals surface area contributed by atoms with E-state index in [0.717, 1.165) is 19.3 Å². The minimum atomic E-state index is -1.12. The first-order valence-electron chi connectivity index (χ1n) is 9.26. The molecular formula is C19H21ClFN5O3. The van der Waals surface area contributed by atoms with Gasteiger partial charge in [-0.1, -0.05) is 18.0 Å². The summed E-state index contributed by atoms with van der Waals surface area (Å²) in [6.45, 7) is 1.39. The van der Waals surface area contributed by atoms with Gasteiger partial charge in [-0.15, -0.1) is 10.2 Å². The van der Waals surface area contributed by atoms with E-state index >= 15 is 0 Å². The van der Waals surface area contributed by atoms with Gasteiger partial charge < -0.3 is 15.4 Å². The maximum Gasteiger partial charge on any atom is 0.303 e. The summed E-state index contributed by atoms with van der Waals surface area (Å²) >= 11 is 5.81. The maximum atomic E-state index is 13.4. The molecule has 29 heavy (non-hydrogen) atoms. The number of benzene rings is 1. The average molecular weight is 422 g/mol. The second-order valence-electron chi connectivity index (χ2n) is 6.89. The summed E-state index contributed by atoms with van der Waals surface area (Å²) < 4.78 is 18.8. The lowest BCUT2D eigenvalue weighted by Crippen LogP contribution is -2.50. The standard InChI is InChI=1S/C19H21ClFN5O3/c1-12(27)29-19(5-3-2-4-6-19)17(28)22-10-16-11-23-18(26-25-16)24-15-8-13(20)7-14(21)9-15/h7-9,11H,2-6,10H2,1H3,(H,22,28)(H,23,24,26). The Morgan fingerprint density at radius 3 is 2.59 bits per heavy atom. The van der Waals surface area contributed by atoms with Crippen LogP contribution in [-0.2, 0) is 20.9 Å². The van der Waals surface area contributed by atoms with E-state index in [2.05, 4.69) is 25.8 Å². The summed E-state index contributed by atoms with van der Waals surface area (Å²) in [6, 6.07) is 3.97. The van der Waals surface area contributed by atoms with E-state index < -0.39 is 17.4 Å². The van der Waals surface area contributed by atoms with Gasteiger partial charge in [0.2, 0.25) is 5.95 Å². The molecular weight excluding hydrogens is 401 g/mol. The van der Waals surface area contributed by atoms with Crippen LogP contribution in [0.5, 0.6) is 0 Å². The second-order valence-corrected chi connectivity index (χ2v) is 7.32. The van der Waals surface area contributed by atoms with Crippen LogP contribution in [0.3, 0.4) is 0 Å². The van der Waals surface area contributed by atoms with Crippen LogP contribution in [0, 0.1) is 5.82 Å². The van der Waals surface area contributed by atoms with Crippen molar-refractivity contribution in [3.63, 3.8) is 0 Å². The zero-order valence-electron chi connectivity index (χ0n) is 15.9. The first kappa shape index (κ1) is 20.9. The molecule has 0 spiro atoms. The van der Waals surface area contributed by atoms with E-state index in [-0.39, 0.29) is 23.4 Å². The Bertz CT molecular complexity index is 868. The molecule has 3 rings (SSSR count). The summed E-state index contributed by atoms with van der Waals surface area (Å²) in [5.74, 6) is -1.15. The van der Waals surface area contributed by atoms with Crippen molar-refractivity contribution in [1.29, 1.82) is 0 Å². The number of aromatic nitrogens is 3. The molecule has 1 aliphatic rings. The van der Waals surface area contributed by atoms with Crippen LogP contribution in [-0.4, -0.2) is 32.7 Å². The predicted octanol–water partition coefficient (Wildman–Crippen LogP) is 3.29. The molecule has 10 heteroatoms. The molecule has 0 bridgehead atoms. The SMILES string of the molecule is CC(=O)OC1(C(=O)NCc2cnc(Nc3cc(F)cc(Cl)c3)nn2)CCCCC1. The molecule has 1 saturated carbocycles. The molecule has 2 aromatic rings. The van der Waals surface area contributed by atoms with Gasteiger partial charge in [0, 0.05) is 17.6 Å². The van der Waals surface area contributed by atoms with Crippen LogP contribution in [0.15, 0.2) is 24.4 Å². The van der Waals surface area contributed by atoms with Crippen molar-refractivity contribution in [1.82, 2.24) is 20.5 Å². The third-order valence-electron chi connectivity index (χ3n) is 4.57. The van der Waals surface area contributed by atoms with Crippen LogP contribution in [0.2, 0.25) is 5.02 Å². The zero-order chi connectivity index (χ0) is 20.9. The normalized spacial score (nSPS) is 15.4. The van der Waals surface area contributed by atoms with Crippen molar-refractivity contribution in [2.45, 2.75) is 51.2 Å². The fourth-order valence-electron chi connectivity index (χ4n) is 3.30. The molecule has 0 saturated heterocycles. The summed E-state index contributed by atoms with van der Waals surface area (Å²) in [4.78, 5) is 28.2. The summed E-state index contributed by atoms with van der Waals surface area (Å²) in [5.41, 5.74) is -0.309. The van der Waals surface area contributed by atoms with Gasteiger partial charge in [0.05, 0.1) is 12.7 Å². The molecule has 2 N–H and O–H groups in total. The molecule has 1 fully saturated rings. The topological polar surface area (TPSA) is 106 Å². The minimum Gasteiger partial charge on any atom is -0.449 e. The van der Waals surface area contributed by atoms with E-state index in [0.29, 0.717) is 24.2 Å². The van der Waals surface area contributed by atoms with Gasteiger partial charge in [-0.25, -0.2) is 9.37 Å². The maximum absolute atomic E-state index is 13.4. The van der Waals surface area contributed by atoms with Gasteiger partial charge in [0.25, 0.3) is 5.91 Å². The predicted molar refractivity (Wildman–Crippen MR) is 104 cm³/mol. The number of hydrogen-bond donors (Lipinski definition) is 2. The number of amides is 1. The molecule has 1 heterocycles. The number of nitrogens with zero attached hydrogens (tertiary/aromatic N) is 3. The van der Waals surface area contributed by atoms with Crippen molar-refractivity contribution < 1.29 is 18.7 Å². The average Bonchev–Trinajstić information content (AvgIpc) is 2.66. The monoisotopic (exact) mass is 421 g/mol. The number of carbonyl (C=O) groups is 2. The quantitative estimate of drug-likeness (QED) is 0.689. The van der Waals surface area contributed by atoms with Crippen molar-refractivity contribution in [2.24, 2.45) is 0 Å². The summed E-state index contributed by atoms with van der Waals surface area (Å²) in [5, 5.41) is 13.7. The van der Waals surface area contributed by atoms with Crippen molar-refractivity contribution in [3.05, 3.63) is 40.9 Å². The summed E-state index contributed by atoms with van der Waals surface area (Å²) in [6.07, 6.45) is 5.11. The van der Waals surface area contributed by atoms with E-state index in [1.807, 2.05) is 0 Å². The number of carbonyl (C=O) groups excluding carboxylic acids is 2. The Balaban J connectivity index is 1.60. The lowest BCUT2D eigenvalue weighted by atomic mass is 9.83. The molecule has 1 aromatic heterocycles. The van der Waals surface area contributed by atoms with E-state index in [4.69, 9.17) is 16.3 Å². The van der Waals surface area contributed by atoms with Gasteiger partial charge in [0.1, 0.15) is 11.5 Å². The number of esters is 1. The lowest BCUT2D eigenvalue weighted by Gasteiger charge is -2.34. The Labute approximate surface area is 172 Å². The van der Waals surface area contributed by atoms with Gasteiger partial charge in [-0.2, -0.15) is 0 Å². The van der Waals surface area contributed by atoms with E-state index in [9.17, 15) is 14.0 Å². The molecule has 154 valence electrons. The van der Waals surface area contributed by atoms with Crippen molar-refractivity contribution in [2.75, 3.05) is 5.32 Å². The number of halogens is 2. The number of anilines is 2. The molecule has 0 unspecified atom stereocenters. The number of hydrogen-bond acceptors (Lipinski definition) is 7. The van der Waals surface area contributed by atoms with Crippen LogP contribution < -0.4 is 10.6 Å². The van der Waals surface area contributed by atoms with E-state index in [1.54, 1.807) is 0 Å². The van der Waals surface area contributed by atoms with Crippen molar-refractivity contribution in [3.8, 4) is 0 Å².